The first-order chi connectivity index (χ1) is 20.7. The Kier molecular flexibility index (Phi) is 6.92. The van der Waals surface area contributed by atoms with Crippen LogP contribution in [0.15, 0.2) is 24.4 Å². The number of fused-ring (bicyclic) bond motifs is 5. The molecule has 4 fully saturated rings. The molecule has 1 aromatic heterocycles. The van der Waals surface area contributed by atoms with Crippen LogP contribution in [0.3, 0.4) is 0 Å². The van der Waals surface area contributed by atoms with Gasteiger partial charge in [0.1, 0.15) is 34.8 Å². The van der Waals surface area contributed by atoms with Crippen molar-refractivity contribution in [1.82, 2.24) is 14.4 Å². The van der Waals surface area contributed by atoms with Crippen LogP contribution < -0.4 is 4.74 Å². The van der Waals surface area contributed by atoms with Crippen molar-refractivity contribution in [3.8, 4) is 5.75 Å². The molecule has 1 spiro atoms. The van der Waals surface area contributed by atoms with Crippen LogP contribution >= 0.6 is 0 Å². The fourth-order valence-electron chi connectivity index (χ4n) is 7.58. The van der Waals surface area contributed by atoms with Gasteiger partial charge in [0.05, 0.1) is 18.0 Å². The summed E-state index contributed by atoms with van der Waals surface area (Å²) in [5, 5.41) is 0.681. The fraction of sp³-hybridized carbons (Fsp3) is 0.576. The number of esters is 1. The molecule has 5 aliphatic heterocycles. The number of carbonyl (C=O) groups excluding carboxylic acids is 4. The zero-order valence-corrected chi connectivity index (χ0v) is 26.5. The van der Waals surface area contributed by atoms with Crippen molar-refractivity contribution in [2.75, 3.05) is 27.0 Å². The highest BCUT2D eigenvalue weighted by Crippen LogP contribution is 2.55. The molecule has 2 aromatic rings. The molecule has 2 bridgehead atoms. The number of hydrogen-bond acceptors (Lipinski definition) is 8. The lowest BCUT2D eigenvalue weighted by molar-refractivity contribution is -0.210. The molecular formula is C33H41N3O8. The number of rotatable bonds is 6. The molecule has 1 aromatic carbocycles. The molecule has 2 amide bonds. The molecule has 7 rings (SSSR count). The van der Waals surface area contributed by atoms with Crippen molar-refractivity contribution < 1.29 is 38.1 Å². The lowest BCUT2D eigenvalue weighted by atomic mass is 9.62. The molecule has 0 aliphatic carbocycles. The van der Waals surface area contributed by atoms with E-state index in [1.807, 2.05) is 38.1 Å². The minimum atomic E-state index is -1.61. The maximum Gasteiger partial charge on any atom is 0.419 e. The molecule has 236 valence electrons. The number of ether oxygens (including phenoxy) is 4. The Bertz CT molecular complexity index is 1600. The normalized spacial score (nSPS) is 26.9. The van der Waals surface area contributed by atoms with E-state index < -0.39 is 40.3 Å². The summed E-state index contributed by atoms with van der Waals surface area (Å²) in [6, 6.07) is 3.70. The molecule has 2 unspecified atom stereocenters. The van der Waals surface area contributed by atoms with E-state index in [1.54, 1.807) is 38.8 Å². The lowest BCUT2D eigenvalue weighted by Crippen LogP contribution is -2.83. The number of nitrogens with zero attached hydrogens (tertiary/aromatic N) is 3. The minimum absolute atomic E-state index is 0.0296. The van der Waals surface area contributed by atoms with E-state index in [-0.39, 0.29) is 38.0 Å². The quantitative estimate of drug-likeness (QED) is 0.447. The van der Waals surface area contributed by atoms with Gasteiger partial charge in [-0.05, 0) is 90.7 Å². The van der Waals surface area contributed by atoms with Crippen molar-refractivity contribution in [2.24, 2.45) is 5.92 Å². The van der Waals surface area contributed by atoms with Crippen LogP contribution in [0.1, 0.15) is 71.9 Å². The third-order valence-corrected chi connectivity index (χ3v) is 9.30. The second-order valence-electron chi connectivity index (χ2n) is 13.8. The Morgan fingerprint density at radius 3 is 2.57 bits per heavy atom. The highest BCUT2D eigenvalue weighted by atomic mass is 16.6. The zero-order chi connectivity index (χ0) is 31.8. The fourth-order valence-corrected chi connectivity index (χ4v) is 7.58. The Hall–Kier alpha value is -3.86. The van der Waals surface area contributed by atoms with E-state index in [0.29, 0.717) is 47.2 Å². The average Bonchev–Trinajstić information content (AvgIpc) is 3.53. The topological polar surface area (TPSA) is 117 Å². The van der Waals surface area contributed by atoms with E-state index in [9.17, 15) is 19.2 Å². The SMILES string of the molecule is CCOC(=O)C1C[C@@]23CCCN2C(=O)C1(Cc1cn(C(=O)OC(C)(C)C)c2c4c(ccc12)OC(C)(C)C=C4)N(COC)C3=O. The van der Waals surface area contributed by atoms with Gasteiger partial charge < -0.3 is 28.7 Å². The van der Waals surface area contributed by atoms with Crippen molar-refractivity contribution >= 4 is 40.9 Å². The molecule has 3 atom stereocenters. The van der Waals surface area contributed by atoms with E-state index in [1.165, 1.54) is 16.6 Å². The Balaban J connectivity index is 1.57. The van der Waals surface area contributed by atoms with Crippen LogP contribution in [0, 0.1) is 5.92 Å². The van der Waals surface area contributed by atoms with Gasteiger partial charge >= 0.3 is 12.1 Å². The molecule has 4 saturated heterocycles. The molecule has 11 heteroatoms. The summed E-state index contributed by atoms with van der Waals surface area (Å²) in [7, 11) is 1.46. The van der Waals surface area contributed by atoms with E-state index in [0.717, 1.165) is 0 Å². The van der Waals surface area contributed by atoms with Crippen molar-refractivity contribution in [1.29, 1.82) is 0 Å². The molecule has 0 N–H and O–H groups in total. The molecular weight excluding hydrogens is 566 g/mol. The van der Waals surface area contributed by atoms with Gasteiger partial charge in [0, 0.05) is 37.2 Å². The number of hydrogen-bond donors (Lipinski definition) is 0. The number of piperazine rings is 1. The third kappa shape index (κ3) is 4.34. The summed E-state index contributed by atoms with van der Waals surface area (Å²) in [6.07, 6.45) is 6.22. The van der Waals surface area contributed by atoms with Gasteiger partial charge in [0.2, 0.25) is 0 Å². The number of piperidine rings is 2. The number of aromatic nitrogens is 1. The number of methoxy groups -OCH3 is 1. The summed E-state index contributed by atoms with van der Waals surface area (Å²) >= 11 is 0. The molecule has 44 heavy (non-hydrogen) atoms. The van der Waals surface area contributed by atoms with Gasteiger partial charge in [-0.3, -0.25) is 19.0 Å². The molecule has 11 nitrogen and oxygen atoms in total. The largest absolute Gasteiger partial charge is 0.483 e. The van der Waals surface area contributed by atoms with Gasteiger partial charge in [-0.1, -0.05) is 0 Å². The summed E-state index contributed by atoms with van der Waals surface area (Å²) in [6.45, 7) is 11.4. The zero-order valence-electron chi connectivity index (χ0n) is 26.5. The smallest absolute Gasteiger partial charge is 0.419 e. The predicted octanol–water partition coefficient (Wildman–Crippen LogP) is 4.28. The lowest BCUT2D eigenvalue weighted by Gasteiger charge is -2.62. The maximum atomic E-state index is 14.6. The Morgan fingerprint density at radius 2 is 1.89 bits per heavy atom. The van der Waals surface area contributed by atoms with Gasteiger partial charge in [-0.2, -0.15) is 0 Å². The van der Waals surface area contributed by atoms with Crippen LogP contribution in [0.5, 0.6) is 5.75 Å². The van der Waals surface area contributed by atoms with E-state index in [4.69, 9.17) is 18.9 Å². The molecule has 5 aliphatic rings. The number of carbonyl (C=O) groups is 4. The highest BCUT2D eigenvalue weighted by molar-refractivity contribution is 6.08. The van der Waals surface area contributed by atoms with Gasteiger partial charge in [-0.15, -0.1) is 0 Å². The van der Waals surface area contributed by atoms with Crippen LogP contribution in [-0.2, 0) is 35.0 Å². The molecule has 0 radical (unpaired) electrons. The maximum absolute atomic E-state index is 14.6. The first kappa shape index (κ1) is 30.2. The highest BCUT2D eigenvalue weighted by Gasteiger charge is 2.74. The van der Waals surface area contributed by atoms with Crippen LogP contribution in [-0.4, -0.2) is 87.5 Å². The minimum Gasteiger partial charge on any atom is -0.483 e. The molecule has 6 heterocycles. The predicted molar refractivity (Wildman–Crippen MR) is 161 cm³/mol. The summed E-state index contributed by atoms with van der Waals surface area (Å²) in [4.78, 5) is 59.4. The van der Waals surface area contributed by atoms with Gasteiger partial charge in [0.15, 0.2) is 0 Å². The van der Waals surface area contributed by atoms with E-state index >= 15 is 0 Å². The third-order valence-electron chi connectivity index (χ3n) is 9.30. The summed E-state index contributed by atoms with van der Waals surface area (Å²) in [5.74, 6) is -1.35. The van der Waals surface area contributed by atoms with E-state index in [2.05, 4.69) is 0 Å². The van der Waals surface area contributed by atoms with Crippen LogP contribution in [0.25, 0.3) is 17.0 Å². The van der Waals surface area contributed by atoms with Crippen molar-refractivity contribution in [2.45, 2.75) is 89.5 Å². The summed E-state index contributed by atoms with van der Waals surface area (Å²) < 4.78 is 24.5. The van der Waals surface area contributed by atoms with Gasteiger partial charge in [0.25, 0.3) is 11.8 Å². The van der Waals surface area contributed by atoms with Gasteiger partial charge in [-0.25, -0.2) is 4.79 Å². The molecule has 0 saturated carbocycles. The second kappa shape index (κ2) is 10.1. The second-order valence-corrected chi connectivity index (χ2v) is 13.8. The first-order valence-corrected chi connectivity index (χ1v) is 15.3. The standard InChI is InChI=1S/C33H41N3O8/c1-8-42-26(37)23-17-32-13-9-15-35(32)28(39)33(23,36(19-41-7)27(32)38)16-20-18-34(29(40)44-30(2,3)4)25-21(20)10-11-24-22(25)12-14-31(5,6)43-24/h10-12,14,18,23H,8-9,13,15-17,19H2,1-7H3/t23?,32-,33?/m1/s1. The Labute approximate surface area is 257 Å². The first-order valence-electron chi connectivity index (χ1n) is 15.3. The van der Waals surface area contributed by atoms with Crippen LogP contribution in [0.4, 0.5) is 4.79 Å². The van der Waals surface area contributed by atoms with Crippen molar-refractivity contribution in [3.63, 3.8) is 0 Å². The number of benzene rings is 1. The van der Waals surface area contributed by atoms with Crippen LogP contribution in [0.2, 0.25) is 0 Å². The average molecular weight is 608 g/mol. The van der Waals surface area contributed by atoms with Crippen molar-refractivity contribution in [3.05, 3.63) is 35.5 Å². The summed E-state index contributed by atoms with van der Waals surface area (Å²) in [5.41, 5.74) is -2.15. The monoisotopic (exact) mass is 607 g/mol. The number of amides is 2. The Morgan fingerprint density at radius 1 is 1.14 bits per heavy atom.